The van der Waals surface area contributed by atoms with E-state index in [2.05, 4.69) is 249 Å². The Balaban J connectivity index is 0.00000391. The zero-order valence-corrected chi connectivity index (χ0v) is 40.3. The van der Waals surface area contributed by atoms with Crippen LogP contribution in [-0.2, 0) is 0 Å². The molecule has 2 aliphatic carbocycles. The summed E-state index contributed by atoms with van der Waals surface area (Å²) >= 11 is 0. The van der Waals surface area contributed by atoms with Crippen molar-refractivity contribution in [3.8, 4) is 24.0 Å². The minimum absolute atomic E-state index is 0.207. The highest BCUT2D eigenvalue weighted by Gasteiger charge is 2.41. The molecule has 0 aromatic heterocycles. The fraction of sp³-hybridized carbons (Fsp3) is 0.270. The van der Waals surface area contributed by atoms with Crippen LogP contribution in [0.4, 0.5) is 11.4 Å². The molecule has 2 heteroatoms. The SMILES string of the molecule is C#C.C=C/C(=C\CC(C)=CC)C1=CC(N2c3ccc(C(/C=C\CN(c4cc(/C(C=C)=C/CCC)cc(-c5ccccc5)c4)C(C)C)=C/CC(=C)/C=C\C)cc3C3C=CC=C[C@@H]32)C(C)C=C1. The molecule has 1 heterocycles. The second-order valence-electron chi connectivity index (χ2n) is 17.5. The Kier molecular flexibility index (Phi) is 18.6. The molecule has 0 fully saturated rings. The van der Waals surface area contributed by atoms with E-state index < -0.39 is 0 Å². The maximum atomic E-state index is 4.37. The van der Waals surface area contributed by atoms with Crippen LogP contribution in [0.1, 0.15) is 96.8 Å². The third-order valence-corrected chi connectivity index (χ3v) is 12.7. The first-order valence-corrected chi connectivity index (χ1v) is 23.5. The average Bonchev–Trinajstić information content (AvgIpc) is 3.66. The maximum Gasteiger partial charge on any atom is 0.0586 e. The minimum Gasteiger partial charge on any atom is -0.365 e. The summed E-state index contributed by atoms with van der Waals surface area (Å²) in [6.07, 6.45) is 50.3. The third kappa shape index (κ3) is 12.4. The Morgan fingerprint density at radius 1 is 0.800 bits per heavy atom. The Morgan fingerprint density at radius 3 is 2.23 bits per heavy atom. The zero-order chi connectivity index (χ0) is 46.9. The molecule has 1 aliphatic heterocycles. The highest BCUT2D eigenvalue weighted by Crippen LogP contribution is 2.48. The largest absolute Gasteiger partial charge is 0.365 e. The summed E-state index contributed by atoms with van der Waals surface area (Å²) in [5.41, 5.74) is 16.0. The van der Waals surface area contributed by atoms with E-state index in [4.69, 9.17) is 0 Å². The number of hydrogen-bond acceptors (Lipinski definition) is 2. The summed E-state index contributed by atoms with van der Waals surface area (Å²) in [5.74, 6) is 0.618. The molecule has 0 radical (unpaired) electrons. The van der Waals surface area contributed by atoms with Crippen molar-refractivity contribution < 1.29 is 0 Å². The number of fused-ring (bicyclic) bond motifs is 3. The molecule has 334 valence electrons. The van der Waals surface area contributed by atoms with Crippen molar-refractivity contribution in [2.75, 3.05) is 16.3 Å². The lowest BCUT2D eigenvalue weighted by molar-refractivity contribution is 0.528. The van der Waals surface area contributed by atoms with Gasteiger partial charge in [-0.3, -0.25) is 0 Å². The Bertz CT molecular complexity index is 2480. The van der Waals surface area contributed by atoms with Gasteiger partial charge in [0.15, 0.2) is 0 Å². The van der Waals surface area contributed by atoms with E-state index in [0.717, 1.165) is 37.8 Å². The summed E-state index contributed by atoms with van der Waals surface area (Å²) < 4.78 is 0. The summed E-state index contributed by atoms with van der Waals surface area (Å²) in [6, 6.07) is 25.6. The molecule has 3 aliphatic rings. The normalized spacial score (nSPS) is 19.5. The van der Waals surface area contributed by atoms with Crippen molar-refractivity contribution >= 4 is 22.5 Å². The number of unbranched alkanes of at least 4 members (excludes halogenated alkanes) is 1. The molecule has 3 unspecified atom stereocenters. The summed E-state index contributed by atoms with van der Waals surface area (Å²) in [6.45, 7) is 29.1. The van der Waals surface area contributed by atoms with Gasteiger partial charge in [0.2, 0.25) is 0 Å². The first kappa shape index (κ1) is 49.5. The van der Waals surface area contributed by atoms with Crippen LogP contribution in [0.2, 0.25) is 0 Å². The number of terminal acetylenes is 1. The highest BCUT2D eigenvalue weighted by atomic mass is 15.2. The smallest absolute Gasteiger partial charge is 0.0586 e. The van der Waals surface area contributed by atoms with Gasteiger partial charge in [-0.15, -0.1) is 12.8 Å². The van der Waals surface area contributed by atoms with Gasteiger partial charge in [-0.1, -0.05) is 191 Å². The number of nitrogens with zero attached hydrogens (tertiary/aromatic N) is 2. The van der Waals surface area contributed by atoms with Crippen LogP contribution >= 0.6 is 0 Å². The van der Waals surface area contributed by atoms with E-state index in [9.17, 15) is 0 Å². The van der Waals surface area contributed by atoms with E-state index in [-0.39, 0.29) is 24.0 Å². The van der Waals surface area contributed by atoms with Gasteiger partial charge in [0, 0.05) is 29.9 Å². The van der Waals surface area contributed by atoms with Crippen LogP contribution in [0.5, 0.6) is 0 Å². The van der Waals surface area contributed by atoms with Crippen molar-refractivity contribution in [3.63, 3.8) is 0 Å². The van der Waals surface area contributed by atoms with E-state index >= 15 is 0 Å². The van der Waals surface area contributed by atoms with E-state index in [1.165, 1.54) is 67.1 Å². The van der Waals surface area contributed by atoms with Gasteiger partial charge in [-0.05, 0) is 140 Å². The molecule has 0 amide bonds. The highest BCUT2D eigenvalue weighted by molar-refractivity contribution is 5.82. The summed E-state index contributed by atoms with van der Waals surface area (Å²) in [4.78, 5) is 5.18. The quantitative estimate of drug-likeness (QED) is 0.0673. The molecule has 0 saturated heterocycles. The number of allylic oxidation sites excluding steroid dienone is 18. The first-order valence-electron chi connectivity index (χ1n) is 23.5. The van der Waals surface area contributed by atoms with Crippen LogP contribution in [-0.4, -0.2) is 24.7 Å². The molecule has 0 saturated carbocycles. The van der Waals surface area contributed by atoms with E-state index in [1.807, 2.05) is 12.2 Å². The van der Waals surface area contributed by atoms with Gasteiger partial charge in [-0.25, -0.2) is 0 Å². The molecule has 6 rings (SSSR count). The van der Waals surface area contributed by atoms with Crippen LogP contribution in [0.3, 0.4) is 0 Å². The molecule has 3 aromatic rings. The van der Waals surface area contributed by atoms with Gasteiger partial charge in [-0.2, -0.15) is 0 Å². The molecule has 0 spiro atoms. The van der Waals surface area contributed by atoms with Gasteiger partial charge >= 0.3 is 0 Å². The Labute approximate surface area is 394 Å². The van der Waals surface area contributed by atoms with Gasteiger partial charge < -0.3 is 9.80 Å². The van der Waals surface area contributed by atoms with Crippen LogP contribution in [0.25, 0.3) is 22.3 Å². The molecule has 2 nitrogen and oxygen atoms in total. The number of anilines is 2. The number of rotatable bonds is 19. The lowest BCUT2D eigenvalue weighted by Crippen LogP contribution is -2.44. The summed E-state index contributed by atoms with van der Waals surface area (Å²) in [7, 11) is 0. The Morgan fingerprint density at radius 2 is 1.54 bits per heavy atom. The molecule has 4 atom stereocenters. The van der Waals surface area contributed by atoms with Crippen molar-refractivity contribution in [2.45, 2.75) is 98.2 Å². The minimum atomic E-state index is 0.207. The molecule has 65 heavy (non-hydrogen) atoms. The molecule has 0 N–H and O–H groups in total. The molecule has 3 aromatic carbocycles. The lowest BCUT2D eigenvalue weighted by atomic mass is 9.86. The average molecular weight is 857 g/mol. The number of hydrogen-bond donors (Lipinski definition) is 0. The predicted molar refractivity (Wildman–Crippen MR) is 289 cm³/mol. The zero-order valence-electron chi connectivity index (χ0n) is 40.3. The summed E-state index contributed by atoms with van der Waals surface area (Å²) in [5, 5.41) is 0. The van der Waals surface area contributed by atoms with Crippen molar-refractivity contribution in [2.24, 2.45) is 5.92 Å². The Hall–Kier alpha value is -6.56. The van der Waals surface area contributed by atoms with Crippen molar-refractivity contribution in [1.29, 1.82) is 0 Å². The standard InChI is InChI=1S/C61H70N2.C2H2/c1-11-16-24-48(14-4)54-39-55(50-25-18-17-19-26-50)41-56(40-54)62(44(6)7)38-22-27-51(34-31-46(9)23-12-2)52-36-37-60-58(42-52)57-28-20-21-29-59(57)63(60)61-43-53(35-32-47(61)10)49(15-5)33-30-45(8)13-3;1-2/h12-15,17-29,32-37,39-44,47,57,59,61H,4-5,9,11,16,30-31,38H2,1-3,6-8,10H3;1-2H/b23-12-,27-22-,45-13?,48-24+,49-33+,51-34+;/t47?,57?,59-,61?;/m0./s1. The van der Waals surface area contributed by atoms with E-state index in [1.54, 1.807) is 0 Å². The van der Waals surface area contributed by atoms with Gasteiger partial charge in [0.25, 0.3) is 0 Å². The second kappa shape index (κ2) is 24.5. The molecule has 0 bridgehead atoms. The monoisotopic (exact) mass is 857 g/mol. The third-order valence-electron chi connectivity index (χ3n) is 12.7. The second-order valence-corrected chi connectivity index (χ2v) is 17.5. The predicted octanol–water partition coefficient (Wildman–Crippen LogP) is 16.7. The van der Waals surface area contributed by atoms with Crippen LogP contribution in [0, 0.1) is 18.8 Å². The lowest BCUT2D eigenvalue weighted by Gasteiger charge is -2.39. The maximum absolute atomic E-state index is 4.37. The fourth-order valence-corrected chi connectivity index (χ4v) is 8.99. The van der Waals surface area contributed by atoms with Crippen molar-refractivity contribution in [3.05, 3.63) is 229 Å². The topological polar surface area (TPSA) is 6.48 Å². The fourth-order valence-electron chi connectivity index (χ4n) is 8.99. The van der Waals surface area contributed by atoms with Gasteiger partial charge in [0.1, 0.15) is 0 Å². The van der Waals surface area contributed by atoms with E-state index in [0.29, 0.717) is 5.92 Å². The van der Waals surface area contributed by atoms with Crippen LogP contribution in [0.15, 0.2) is 212 Å². The first-order chi connectivity index (χ1) is 31.6. The number of benzene rings is 3. The van der Waals surface area contributed by atoms with Crippen molar-refractivity contribution in [1.82, 2.24) is 0 Å². The molecular weight excluding hydrogens is 785 g/mol. The van der Waals surface area contributed by atoms with Gasteiger partial charge in [0.05, 0.1) is 12.1 Å². The molecular formula is C63H72N2. The van der Waals surface area contributed by atoms with Crippen LogP contribution < -0.4 is 9.80 Å².